The summed E-state index contributed by atoms with van der Waals surface area (Å²) in [5, 5.41) is 9.60. The fraction of sp³-hybridized carbons (Fsp3) is 0.567. The lowest BCUT2D eigenvalue weighted by molar-refractivity contribution is -0.160. The molecule has 5 atom stereocenters. The number of rotatable bonds is 5. The van der Waals surface area contributed by atoms with E-state index in [0.29, 0.717) is 26.0 Å². The third-order valence-corrected chi connectivity index (χ3v) is 8.60. The summed E-state index contributed by atoms with van der Waals surface area (Å²) in [6, 6.07) is 5.01. The molecule has 4 aliphatic rings. The summed E-state index contributed by atoms with van der Waals surface area (Å²) in [4.78, 5) is 45.6. The van der Waals surface area contributed by atoms with Gasteiger partial charge in [-0.15, -0.1) is 0 Å². The van der Waals surface area contributed by atoms with Crippen LogP contribution in [0.3, 0.4) is 0 Å². The van der Waals surface area contributed by atoms with Gasteiger partial charge in [-0.05, 0) is 63.1 Å². The van der Waals surface area contributed by atoms with Gasteiger partial charge in [-0.25, -0.2) is 0 Å². The number of likely N-dealkylation sites (tertiary alicyclic amines) is 1. The first-order valence-electron chi connectivity index (χ1n) is 13.8. The fourth-order valence-electron chi connectivity index (χ4n) is 6.75. The summed E-state index contributed by atoms with van der Waals surface area (Å²) in [7, 11) is 0. The Hall–Kier alpha value is -2.97. The number of carbonyl (C=O) groups is 3. The Morgan fingerprint density at radius 1 is 1.05 bits per heavy atom. The van der Waals surface area contributed by atoms with Crippen molar-refractivity contribution >= 4 is 23.5 Å². The molecule has 0 aromatic heterocycles. The summed E-state index contributed by atoms with van der Waals surface area (Å²) in [5.41, 5.74) is 0.383. The molecule has 8 nitrogen and oxygen atoms in total. The summed E-state index contributed by atoms with van der Waals surface area (Å²) >= 11 is 0. The summed E-state index contributed by atoms with van der Waals surface area (Å²) in [6.07, 6.45) is 11.0. The van der Waals surface area contributed by atoms with E-state index < -0.39 is 35.0 Å². The molecular formula is C30H38N2O6. The SMILES string of the molecule is CC[C@]12/C=C\CCCCOC(=O)[C@H]1[C@H]1C(=O)N(CCCO)C3C(=O)N(c4cc(C)ccc4C)CC=C[C@@]31O2. The predicted molar refractivity (Wildman–Crippen MR) is 142 cm³/mol. The molecule has 0 aliphatic carbocycles. The molecule has 1 unspecified atom stereocenters. The van der Waals surface area contributed by atoms with Crippen LogP contribution < -0.4 is 4.90 Å². The Bertz CT molecular complexity index is 1180. The lowest BCUT2D eigenvalue weighted by atomic mass is 9.73. The number of amides is 2. The van der Waals surface area contributed by atoms with Gasteiger partial charge in [-0.2, -0.15) is 0 Å². The zero-order valence-electron chi connectivity index (χ0n) is 22.5. The van der Waals surface area contributed by atoms with Crippen LogP contribution in [-0.2, 0) is 23.9 Å². The standard InChI is InChI=1S/C30H38N2O6/c1-4-29-13-7-5-6-8-18-37-28(36)24(29)23-26(34)32(16-10-17-33)25-27(35)31(15-9-14-30(23,25)38-29)22-19-20(2)11-12-21(22)3/h7,9,11-14,19,23-25,33H,4-6,8,10,15-18H2,1-3H3/b13-7-/t23-,24+,25?,29-,30-/m0/s1. The van der Waals surface area contributed by atoms with Crippen molar-refractivity contribution in [2.75, 3.05) is 31.2 Å². The predicted octanol–water partition coefficient (Wildman–Crippen LogP) is 3.23. The highest BCUT2D eigenvalue weighted by Gasteiger charge is 2.75. The Morgan fingerprint density at radius 3 is 2.63 bits per heavy atom. The second kappa shape index (κ2) is 10.3. The maximum atomic E-state index is 14.5. The van der Waals surface area contributed by atoms with Crippen molar-refractivity contribution in [2.24, 2.45) is 11.8 Å². The number of hydrogen-bond donors (Lipinski definition) is 1. The van der Waals surface area contributed by atoms with Crippen molar-refractivity contribution in [1.82, 2.24) is 4.90 Å². The Kier molecular flexibility index (Phi) is 7.22. The molecule has 8 heteroatoms. The van der Waals surface area contributed by atoms with Crippen molar-refractivity contribution in [3.63, 3.8) is 0 Å². The van der Waals surface area contributed by atoms with E-state index >= 15 is 0 Å². The Balaban J connectivity index is 1.67. The molecule has 1 N–H and O–H groups in total. The van der Waals surface area contributed by atoms with Crippen LogP contribution in [0.25, 0.3) is 0 Å². The molecule has 4 aliphatic heterocycles. The van der Waals surface area contributed by atoms with Crippen molar-refractivity contribution in [1.29, 1.82) is 0 Å². The van der Waals surface area contributed by atoms with Gasteiger partial charge in [0.25, 0.3) is 5.91 Å². The monoisotopic (exact) mass is 522 g/mol. The molecule has 5 rings (SSSR count). The lowest BCUT2D eigenvalue weighted by Crippen LogP contribution is -2.56. The number of ether oxygens (including phenoxy) is 2. The maximum Gasteiger partial charge on any atom is 0.313 e. The van der Waals surface area contributed by atoms with E-state index in [1.165, 1.54) is 4.90 Å². The quantitative estimate of drug-likeness (QED) is 0.471. The van der Waals surface area contributed by atoms with E-state index in [0.717, 1.165) is 36.1 Å². The van der Waals surface area contributed by atoms with Crippen LogP contribution in [-0.4, -0.2) is 71.3 Å². The molecule has 0 radical (unpaired) electrons. The molecular weight excluding hydrogens is 484 g/mol. The number of aliphatic hydroxyl groups excluding tert-OH is 1. The molecule has 2 fully saturated rings. The summed E-state index contributed by atoms with van der Waals surface area (Å²) in [6.45, 7) is 6.58. The minimum atomic E-state index is -1.33. The summed E-state index contributed by atoms with van der Waals surface area (Å²) in [5.74, 6) is -2.77. The topological polar surface area (TPSA) is 96.4 Å². The van der Waals surface area contributed by atoms with E-state index in [-0.39, 0.29) is 25.0 Å². The first-order valence-corrected chi connectivity index (χ1v) is 13.8. The molecule has 38 heavy (non-hydrogen) atoms. The lowest BCUT2D eigenvalue weighted by Gasteiger charge is -2.38. The zero-order valence-corrected chi connectivity index (χ0v) is 22.5. The van der Waals surface area contributed by atoms with Crippen LogP contribution in [0.1, 0.15) is 50.2 Å². The number of esters is 1. The highest BCUT2D eigenvalue weighted by atomic mass is 16.6. The van der Waals surface area contributed by atoms with Crippen LogP contribution in [0.4, 0.5) is 5.69 Å². The largest absolute Gasteiger partial charge is 0.465 e. The molecule has 1 spiro atoms. The normalized spacial score (nSPS) is 33.9. The van der Waals surface area contributed by atoms with Gasteiger partial charge in [0, 0.05) is 25.4 Å². The average molecular weight is 523 g/mol. The van der Waals surface area contributed by atoms with Crippen LogP contribution in [0, 0.1) is 25.7 Å². The van der Waals surface area contributed by atoms with E-state index in [1.54, 1.807) is 4.90 Å². The van der Waals surface area contributed by atoms with Gasteiger partial charge in [0.15, 0.2) is 0 Å². The second-order valence-electron chi connectivity index (χ2n) is 10.9. The number of aryl methyl sites for hydroxylation is 2. The van der Waals surface area contributed by atoms with Crippen molar-refractivity contribution in [3.8, 4) is 0 Å². The van der Waals surface area contributed by atoms with Crippen LogP contribution in [0.5, 0.6) is 0 Å². The van der Waals surface area contributed by atoms with Gasteiger partial charge in [0.05, 0.1) is 12.5 Å². The molecule has 2 amide bonds. The first-order chi connectivity index (χ1) is 18.3. The number of cyclic esters (lactones) is 1. The Labute approximate surface area is 224 Å². The summed E-state index contributed by atoms with van der Waals surface area (Å²) < 4.78 is 12.6. The third-order valence-electron chi connectivity index (χ3n) is 8.60. The third kappa shape index (κ3) is 4.09. The number of allylic oxidation sites excluding steroid dienone is 1. The van der Waals surface area contributed by atoms with Gasteiger partial charge >= 0.3 is 5.97 Å². The van der Waals surface area contributed by atoms with Crippen LogP contribution in [0.2, 0.25) is 0 Å². The van der Waals surface area contributed by atoms with E-state index in [1.807, 2.05) is 63.3 Å². The first kappa shape index (κ1) is 26.6. The van der Waals surface area contributed by atoms with Gasteiger partial charge in [-0.1, -0.05) is 43.4 Å². The van der Waals surface area contributed by atoms with Gasteiger partial charge < -0.3 is 24.4 Å². The van der Waals surface area contributed by atoms with E-state index in [4.69, 9.17) is 9.47 Å². The van der Waals surface area contributed by atoms with Crippen molar-refractivity contribution in [2.45, 2.75) is 70.1 Å². The second-order valence-corrected chi connectivity index (χ2v) is 10.9. The molecule has 2 saturated heterocycles. The minimum Gasteiger partial charge on any atom is -0.465 e. The fourth-order valence-corrected chi connectivity index (χ4v) is 6.75. The number of hydrogen-bond acceptors (Lipinski definition) is 6. The number of benzene rings is 1. The van der Waals surface area contributed by atoms with Crippen molar-refractivity contribution < 1.29 is 29.0 Å². The minimum absolute atomic E-state index is 0.118. The molecule has 204 valence electrons. The number of carbonyl (C=O) groups excluding carboxylic acids is 3. The molecule has 0 bridgehead atoms. The number of anilines is 1. The maximum absolute atomic E-state index is 14.5. The highest BCUT2D eigenvalue weighted by molar-refractivity contribution is 6.06. The molecule has 1 aromatic rings. The van der Waals surface area contributed by atoms with Crippen LogP contribution in [0.15, 0.2) is 42.5 Å². The zero-order chi connectivity index (χ0) is 27.1. The average Bonchev–Trinajstić information content (AvgIpc) is 3.25. The van der Waals surface area contributed by atoms with E-state index in [2.05, 4.69) is 0 Å². The number of fused-ring (bicyclic) bond motifs is 2. The van der Waals surface area contributed by atoms with Gasteiger partial charge in [0.2, 0.25) is 5.91 Å². The smallest absolute Gasteiger partial charge is 0.313 e. The van der Waals surface area contributed by atoms with Gasteiger partial charge in [-0.3, -0.25) is 14.4 Å². The van der Waals surface area contributed by atoms with Gasteiger partial charge in [0.1, 0.15) is 23.2 Å². The van der Waals surface area contributed by atoms with Crippen molar-refractivity contribution in [3.05, 3.63) is 53.6 Å². The Morgan fingerprint density at radius 2 is 1.87 bits per heavy atom. The number of nitrogens with zero attached hydrogens (tertiary/aromatic N) is 2. The molecule has 0 saturated carbocycles. The van der Waals surface area contributed by atoms with E-state index in [9.17, 15) is 19.5 Å². The molecule has 4 heterocycles. The molecule has 1 aromatic carbocycles. The van der Waals surface area contributed by atoms with Crippen LogP contribution >= 0.6 is 0 Å². The highest BCUT2D eigenvalue weighted by Crippen LogP contribution is 2.58. The number of aliphatic hydroxyl groups is 1.